The third-order valence-corrected chi connectivity index (χ3v) is 2.87. The van der Waals surface area contributed by atoms with E-state index in [-0.39, 0.29) is 5.75 Å². The van der Waals surface area contributed by atoms with Crippen LogP contribution in [0.25, 0.3) is 0 Å². The van der Waals surface area contributed by atoms with Crippen molar-refractivity contribution in [1.29, 1.82) is 0 Å². The summed E-state index contributed by atoms with van der Waals surface area (Å²) in [5.41, 5.74) is -1.47. The highest BCUT2D eigenvalue weighted by Crippen LogP contribution is 2.47. The zero-order chi connectivity index (χ0) is 11.2. The summed E-state index contributed by atoms with van der Waals surface area (Å²) < 4.78 is 26.5. The maximum absolute atomic E-state index is 12.8. The van der Waals surface area contributed by atoms with Gasteiger partial charge >= 0.3 is 0 Å². The van der Waals surface area contributed by atoms with E-state index in [1.54, 1.807) is 6.92 Å². The Hall–Kier alpha value is -1.39. The number of hydrogen-bond acceptors (Lipinski definition) is 2. The first-order valence-electron chi connectivity index (χ1n) is 4.68. The molecule has 0 amide bonds. The maximum atomic E-state index is 12.8. The smallest absolute Gasteiger partial charge is 0.261 e. The van der Waals surface area contributed by atoms with Gasteiger partial charge in [-0.15, -0.1) is 0 Å². The molecule has 1 fully saturated rings. The number of aryl methyl sites for hydroxylation is 1. The molecule has 1 aromatic heterocycles. The lowest BCUT2D eigenvalue weighted by Crippen LogP contribution is -2.35. The third-order valence-electron chi connectivity index (χ3n) is 2.87. The second-order valence-electron chi connectivity index (χ2n) is 3.95. The second-order valence-corrected chi connectivity index (χ2v) is 3.95. The first-order valence-corrected chi connectivity index (χ1v) is 4.68. The molecular weight excluding hydrogens is 204 g/mol. The molecule has 2 rings (SSSR count). The molecule has 0 saturated heterocycles. The van der Waals surface area contributed by atoms with Gasteiger partial charge in [-0.3, -0.25) is 4.79 Å². The Labute approximate surface area is 85.0 Å². The number of rotatable bonds is 2. The lowest BCUT2D eigenvalue weighted by molar-refractivity contribution is 0.0650. The summed E-state index contributed by atoms with van der Waals surface area (Å²) >= 11 is 0. The van der Waals surface area contributed by atoms with Crippen molar-refractivity contribution in [2.24, 2.45) is 0 Å². The Morgan fingerprint density at radius 3 is 2.60 bits per heavy atom. The van der Waals surface area contributed by atoms with Crippen molar-refractivity contribution in [3.63, 3.8) is 0 Å². The summed E-state index contributed by atoms with van der Waals surface area (Å²) in [6.45, 7) is 1.58. The molecular formula is C10H11F2NO2. The predicted molar refractivity (Wildman–Crippen MR) is 50.3 cm³/mol. The molecule has 0 aliphatic heterocycles. The van der Waals surface area contributed by atoms with E-state index < -0.39 is 17.5 Å². The SMILES string of the molecule is Cc1cn(C2(C(F)F)CC2)c(=O)cc1O. The van der Waals surface area contributed by atoms with Crippen LogP contribution in [0.15, 0.2) is 17.1 Å². The number of nitrogens with zero attached hydrogens (tertiary/aromatic N) is 1. The average molecular weight is 215 g/mol. The predicted octanol–water partition coefficient (Wildman–Crippen LogP) is 1.62. The van der Waals surface area contributed by atoms with Crippen LogP contribution in [0.3, 0.4) is 0 Å². The van der Waals surface area contributed by atoms with Crippen LogP contribution in [-0.2, 0) is 5.54 Å². The number of alkyl halides is 2. The Morgan fingerprint density at radius 1 is 1.53 bits per heavy atom. The van der Waals surface area contributed by atoms with Crippen LogP contribution >= 0.6 is 0 Å². The van der Waals surface area contributed by atoms with Crippen molar-refractivity contribution in [2.75, 3.05) is 0 Å². The minimum absolute atomic E-state index is 0.152. The molecule has 82 valence electrons. The molecule has 1 N–H and O–H groups in total. The molecule has 0 bridgehead atoms. The molecule has 0 aromatic carbocycles. The van der Waals surface area contributed by atoms with Crippen LogP contribution < -0.4 is 5.56 Å². The van der Waals surface area contributed by atoms with Gasteiger partial charge in [0.2, 0.25) is 0 Å². The van der Waals surface area contributed by atoms with E-state index in [4.69, 9.17) is 0 Å². The quantitative estimate of drug-likeness (QED) is 0.814. The first kappa shape index (κ1) is 10.1. The summed E-state index contributed by atoms with van der Waals surface area (Å²) in [5, 5.41) is 9.25. The fourth-order valence-electron chi connectivity index (χ4n) is 1.66. The molecule has 3 nitrogen and oxygen atoms in total. The number of halogens is 2. The molecule has 0 spiro atoms. The van der Waals surface area contributed by atoms with Gasteiger partial charge in [0.15, 0.2) is 0 Å². The van der Waals surface area contributed by atoms with Gasteiger partial charge in [-0.25, -0.2) is 8.78 Å². The van der Waals surface area contributed by atoms with Gasteiger partial charge in [0.1, 0.15) is 11.3 Å². The minimum atomic E-state index is -2.54. The van der Waals surface area contributed by atoms with Crippen LogP contribution in [0.1, 0.15) is 18.4 Å². The van der Waals surface area contributed by atoms with Gasteiger partial charge < -0.3 is 9.67 Å². The standard InChI is InChI=1S/C10H11F2NO2/c1-6-5-13(8(15)4-7(6)14)10(2-3-10)9(11)12/h4-5,9,14H,2-3H2,1H3. The summed E-state index contributed by atoms with van der Waals surface area (Å²) in [7, 11) is 0. The van der Waals surface area contributed by atoms with Gasteiger partial charge in [-0.2, -0.15) is 0 Å². The summed E-state index contributed by atoms with van der Waals surface area (Å²) in [4.78, 5) is 11.5. The average Bonchev–Trinajstić information content (AvgIpc) is 2.92. The van der Waals surface area contributed by atoms with Crippen LogP contribution in [-0.4, -0.2) is 16.1 Å². The Bertz CT molecular complexity index is 449. The lowest BCUT2D eigenvalue weighted by Gasteiger charge is -2.18. The monoisotopic (exact) mass is 215 g/mol. The van der Waals surface area contributed by atoms with E-state index in [9.17, 15) is 18.7 Å². The molecule has 1 aromatic rings. The van der Waals surface area contributed by atoms with Crippen molar-refractivity contribution in [2.45, 2.75) is 31.7 Å². The van der Waals surface area contributed by atoms with E-state index in [2.05, 4.69) is 0 Å². The summed E-state index contributed by atoms with van der Waals surface area (Å²) in [6, 6.07) is 0.984. The Balaban J connectivity index is 2.55. The highest BCUT2D eigenvalue weighted by atomic mass is 19.3. The normalized spacial score (nSPS) is 18.1. The van der Waals surface area contributed by atoms with Crippen molar-refractivity contribution >= 4 is 0 Å². The van der Waals surface area contributed by atoms with Crippen LogP contribution in [0.4, 0.5) is 8.78 Å². The molecule has 0 unspecified atom stereocenters. The van der Waals surface area contributed by atoms with E-state index in [0.717, 1.165) is 10.6 Å². The number of pyridine rings is 1. The Kier molecular flexibility index (Phi) is 2.06. The zero-order valence-corrected chi connectivity index (χ0v) is 8.20. The zero-order valence-electron chi connectivity index (χ0n) is 8.20. The minimum Gasteiger partial charge on any atom is -0.507 e. The fourth-order valence-corrected chi connectivity index (χ4v) is 1.66. The van der Waals surface area contributed by atoms with Crippen molar-refractivity contribution in [3.8, 4) is 5.75 Å². The van der Waals surface area contributed by atoms with Crippen LogP contribution in [0, 0.1) is 6.92 Å². The molecule has 0 atom stereocenters. The number of aromatic hydroxyl groups is 1. The molecule has 1 aliphatic carbocycles. The first-order chi connectivity index (χ1) is 6.97. The van der Waals surface area contributed by atoms with E-state index in [0.29, 0.717) is 18.4 Å². The summed E-state index contributed by atoms with van der Waals surface area (Å²) in [6.07, 6.45) is -0.612. The van der Waals surface area contributed by atoms with Crippen molar-refractivity contribution in [3.05, 3.63) is 28.2 Å². The highest BCUT2D eigenvalue weighted by molar-refractivity contribution is 5.28. The lowest BCUT2D eigenvalue weighted by atomic mass is 10.2. The largest absolute Gasteiger partial charge is 0.507 e. The van der Waals surface area contributed by atoms with E-state index in [1.807, 2.05) is 0 Å². The summed E-state index contributed by atoms with van der Waals surface area (Å²) in [5.74, 6) is -0.152. The van der Waals surface area contributed by atoms with Crippen LogP contribution in [0.5, 0.6) is 5.75 Å². The Morgan fingerprint density at radius 2 is 2.13 bits per heavy atom. The van der Waals surface area contributed by atoms with Gasteiger partial charge in [0, 0.05) is 17.8 Å². The third kappa shape index (κ3) is 1.42. The van der Waals surface area contributed by atoms with Crippen LogP contribution in [0.2, 0.25) is 0 Å². The number of aromatic nitrogens is 1. The molecule has 1 saturated carbocycles. The topological polar surface area (TPSA) is 42.2 Å². The molecule has 1 heterocycles. The van der Waals surface area contributed by atoms with Crippen molar-refractivity contribution in [1.82, 2.24) is 4.57 Å². The molecule has 0 radical (unpaired) electrons. The second kappa shape index (κ2) is 3.05. The molecule has 5 heteroatoms. The molecule has 1 aliphatic rings. The van der Waals surface area contributed by atoms with Gasteiger partial charge in [0.05, 0.1) is 0 Å². The molecule has 15 heavy (non-hydrogen) atoms. The van der Waals surface area contributed by atoms with Crippen molar-refractivity contribution < 1.29 is 13.9 Å². The fraction of sp³-hybridized carbons (Fsp3) is 0.500. The van der Waals surface area contributed by atoms with E-state index in [1.165, 1.54) is 6.20 Å². The van der Waals surface area contributed by atoms with Gasteiger partial charge in [-0.05, 0) is 19.8 Å². The van der Waals surface area contributed by atoms with Gasteiger partial charge in [0.25, 0.3) is 12.0 Å². The maximum Gasteiger partial charge on any atom is 0.261 e. The van der Waals surface area contributed by atoms with Gasteiger partial charge in [-0.1, -0.05) is 0 Å². The van der Waals surface area contributed by atoms with E-state index >= 15 is 0 Å². The number of hydrogen-bond donors (Lipinski definition) is 1. The highest BCUT2D eigenvalue weighted by Gasteiger charge is 2.53.